The van der Waals surface area contributed by atoms with Crippen LogP contribution in [0.25, 0.3) is 0 Å². The minimum atomic E-state index is -0.280. The summed E-state index contributed by atoms with van der Waals surface area (Å²) in [4.78, 5) is 33.2. The lowest BCUT2D eigenvalue weighted by molar-refractivity contribution is -1.10. The molecule has 4 rings (SSSR count). The van der Waals surface area contributed by atoms with Crippen LogP contribution >= 0.6 is 0 Å². The fourth-order valence-corrected chi connectivity index (χ4v) is 5.94. The summed E-state index contributed by atoms with van der Waals surface area (Å²) in [5.41, 5.74) is 3.50. The molecule has 0 saturated carbocycles. The van der Waals surface area contributed by atoms with E-state index in [-0.39, 0.29) is 17.9 Å². The number of carbonyl (C=O) groups excluding carboxylic acids is 2. The molecule has 0 bridgehead atoms. The normalized spacial score (nSPS) is 22.3. The van der Waals surface area contributed by atoms with E-state index in [1.54, 1.807) is 46.5 Å². The minimum absolute atomic E-state index is 0.101. The van der Waals surface area contributed by atoms with Crippen LogP contribution in [0.15, 0.2) is 42.5 Å². The average Bonchev–Trinajstić information content (AvgIpc) is 3.26. The van der Waals surface area contributed by atoms with Gasteiger partial charge in [-0.3, -0.25) is 9.63 Å². The third-order valence-corrected chi connectivity index (χ3v) is 7.82. The Balaban J connectivity index is 1.37. The smallest absolute Gasteiger partial charge is 0.463 e. The first-order chi connectivity index (χ1) is 17.4. The zero-order valence-electron chi connectivity index (χ0n) is 22.0. The number of rotatable bonds is 10. The highest BCUT2D eigenvalue weighted by Crippen LogP contribution is 2.46. The van der Waals surface area contributed by atoms with Gasteiger partial charge in [0.05, 0.1) is 14.2 Å². The van der Waals surface area contributed by atoms with Gasteiger partial charge < -0.3 is 14.4 Å². The number of carbonyl (C=O) groups is 2. The number of hydrogen-bond acceptors (Lipinski definition) is 5. The van der Waals surface area contributed by atoms with Gasteiger partial charge in [0, 0.05) is 51.3 Å². The maximum atomic E-state index is 12.7. The van der Waals surface area contributed by atoms with Crippen molar-refractivity contribution in [3.05, 3.63) is 59.2 Å². The fourth-order valence-electron chi connectivity index (χ4n) is 5.94. The summed E-state index contributed by atoms with van der Waals surface area (Å²) in [6, 6.07) is 14.3. The Bertz CT molecular complexity index is 1090. The van der Waals surface area contributed by atoms with Crippen LogP contribution in [0.1, 0.15) is 65.9 Å². The molecule has 0 spiro atoms. The van der Waals surface area contributed by atoms with E-state index in [1.807, 2.05) is 0 Å². The Kier molecular flexibility index (Phi) is 8.19. The number of fused-ring (bicyclic) bond motifs is 3. The summed E-state index contributed by atoms with van der Waals surface area (Å²) >= 11 is 0. The van der Waals surface area contributed by atoms with Crippen LogP contribution in [0.3, 0.4) is 0 Å². The molecule has 0 aromatic heterocycles. The molecule has 0 N–H and O–H groups in total. The molecule has 7 nitrogen and oxygen atoms in total. The lowest BCUT2D eigenvalue weighted by Gasteiger charge is -2.40. The van der Waals surface area contributed by atoms with Crippen molar-refractivity contribution in [1.29, 1.82) is 0 Å². The van der Waals surface area contributed by atoms with Crippen molar-refractivity contribution in [3.8, 4) is 11.5 Å². The summed E-state index contributed by atoms with van der Waals surface area (Å²) in [5, 5.41) is 0. The van der Waals surface area contributed by atoms with Crippen molar-refractivity contribution < 1.29 is 28.5 Å². The summed E-state index contributed by atoms with van der Waals surface area (Å²) in [7, 11) is 6.63. The first-order valence-electron chi connectivity index (χ1n) is 13.0. The lowest BCUT2D eigenvalue weighted by Crippen LogP contribution is -2.56. The summed E-state index contributed by atoms with van der Waals surface area (Å²) < 4.78 is 11.0. The van der Waals surface area contributed by atoms with E-state index in [1.165, 1.54) is 16.0 Å². The molecule has 7 heteroatoms. The molecule has 0 radical (unpaired) electrons. The molecular formula is C29H39N2O5+. The van der Waals surface area contributed by atoms with Gasteiger partial charge in [0.2, 0.25) is 0 Å². The van der Waals surface area contributed by atoms with Crippen molar-refractivity contribution in [2.75, 3.05) is 41.4 Å². The Morgan fingerprint density at radius 1 is 0.972 bits per heavy atom. The first-order valence-corrected chi connectivity index (χ1v) is 13.0. The van der Waals surface area contributed by atoms with Crippen molar-refractivity contribution in [3.63, 3.8) is 0 Å². The maximum absolute atomic E-state index is 12.7. The van der Waals surface area contributed by atoms with Crippen LogP contribution in [-0.4, -0.2) is 68.9 Å². The SMILES string of the molecule is COc1ccc(C(=O)CCCCC[N+]2(OC(=O)N(C)C)CC[C@H]3c4ccccc4CC[C@H]32)cc1OC. The molecule has 36 heavy (non-hydrogen) atoms. The van der Waals surface area contributed by atoms with Gasteiger partial charge in [-0.25, -0.2) is 4.79 Å². The minimum Gasteiger partial charge on any atom is -0.493 e. The number of methoxy groups -OCH3 is 2. The largest absolute Gasteiger partial charge is 0.493 e. The Morgan fingerprint density at radius 2 is 1.75 bits per heavy atom. The topological polar surface area (TPSA) is 65.1 Å². The number of hydrogen-bond donors (Lipinski definition) is 0. The highest BCUT2D eigenvalue weighted by molar-refractivity contribution is 5.96. The van der Waals surface area contributed by atoms with Crippen molar-refractivity contribution in [2.45, 2.75) is 56.9 Å². The van der Waals surface area contributed by atoms with Gasteiger partial charge in [-0.05, 0) is 48.6 Å². The van der Waals surface area contributed by atoms with Gasteiger partial charge in [0.1, 0.15) is 19.1 Å². The Morgan fingerprint density at radius 3 is 2.50 bits per heavy atom. The molecule has 1 aliphatic heterocycles. The third kappa shape index (κ3) is 5.36. The average molecular weight is 496 g/mol. The second-order valence-corrected chi connectivity index (χ2v) is 10.2. The van der Waals surface area contributed by atoms with Crippen LogP contribution in [0.4, 0.5) is 4.79 Å². The van der Waals surface area contributed by atoms with E-state index in [2.05, 4.69) is 24.3 Å². The second kappa shape index (κ2) is 11.3. The molecule has 194 valence electrons. The summed E-state index contributed by atoms with van der Waals surface area (Å²) in [6.07, 6.45) is 5.89. The van der Waals surface area contributed by atoms with Crippen molar-refractivity contribution in [1.82, 2.24) is 4.90 Å². The monoisotopic (exact) mass is 495 g/mol. The van der Waals surface area contributed by atoms with E-state index in [0.29, 0.717) is 34.0 Å². The quantitative estimate of drug-likeness (QED) is 0.252. The number of benzene rings is 2. The van der Waals surface area contributed by atoms with Crippen LogP contribution in [-0.2, 0) is 11.3 Å². The van der Waals surface area contributed by atoms with E-state index >= 15 is 0 Å². The standard InChI is InChI=1S/C29H39N2O5/c1-30(2)29(33)36-31(19-17-24-23-11-8-7-10-21(23)13-15-25(24)31)18-9-5-6-12-26(32)22-14-16-27(34-3)28(20-22)35-4/h7-8,10-11,14,16,20,24-25H,5-6,9,12-13,15,17-19H2,1-4H3/q+1/t24-,25+,31?/m0/s1. The van der Waals surface area contributed by atoms with Gasteiger partial charge in [0.25, 0.3) is 0 Å². The summed E-state index contributed by atoms with van der Waals surface area (Å²) in [6.45, 7) is 1.63. The number of nitrogens with zero attached hydrogens (tertiary/aromatic N) is 2. The number of ketones is 1. The fraction of sp³-hybridized carbons (Fsp3) is 0.517. The first kappa shape index (κ1) is 26.0. The predicted molar refractivity (Wildman–Crippen MR) is 138 cm³/mol. The van der Waals surface area contributed by atoms with Gasteiger partial charge in [0.15, 0.2) is 17.3 Å². The zero-order valence-corrected chi connectivity index (χ0v) is 22.0. The molecule has 1 unspecified atom stereocenters. The van der Waals surface area contributed by atoms with Gasteiger partial charge in [-0.2, -0.15) is 0 Å². The number of likely N-dealkylation sites (tertiary alicyclic amines) is 1. The molecule has 1 saturated heterocycles. The van der Waals surface area contributed by atoms with Crippen LogP contribution in [0.2, 0.25) is 0 Å². The van der Waals surface area contributed by atoms with Crippen LogP contribution in [0, 0.1) is 0 Å². The Hall–Kier alpha value is -3.06. The van der Waals surface area contributed by atoms with Crippen molar-refractivity contribution >= 4 is 11.9 Å². The van der Waals surface area contributed by atoms with E-state index < -0.39 is 0 Å². The number of ether oxygens (including phenoxy) is 2. The molecule has 2 aromatic rings. The highest BCUT2D eigenvalue weighted by atomic mass is 16.8. The lowest BCUT2D eigenvalue weighted by atomic mass is 9.79. The maximum Gasteiger partial charge on any atom is 0.463 e. The van der Waals surface area contributed by atoms with E-state index in [0.717, 1.165) is 51.6 Å². The molecule has 1 amide bonds. The number of aryl methyl sites for hydroxylation is 1. The number of amides is 1. The molecule has 2 aliphatic rings. The molecule has 1 heterocycles. The zero-order chi connectivity index (χ0) is 25.7. The van der Waals surface area contributed by atoms with E-state index in [9.17, 15) is 9.59 Å². The molecule has 3 atom stereocenters. The Labute approximate surface area is 214 Å². The van der Waals surface area contributed by atoms with Gasteiger partial charge in [-0.1, -0.05) is 24.3 Å². The van der Waals surface area contributed by atoms with E-state index in [4.69, 9.17) is 14.3 Å². The highest BCUT2D eigenvalue weighted by Gasteiger charge is 2.54. The second-order valence-electron chi connectivity index (χ2n) is 10.2. The molecule has 1 fully saturated rings. The molecule has 2 aromatic carbocycles. The number of unbranched alkanes of at least 4 members (excludes halogenated alkanes) is 2. The number of quaternary nitrogens is 1. The predicted octanol–water partition coefficient (Wildman–Crippen LogP) is 5.38. The van der Waals surface area contributed by atoms with Crippen LogP contribution < -0.4 is 9.47 Å². The van der Waals surface area contributed by atoms with Crippen LogP contribution in [0.5, 0.6) is 11.5 Å². The van der Waals surface area contributed by atoms with Gasteiger partial charge >= 0.3 is 6.09 Å². The number of Topliss-reactive ketones (excluding diaryl/α,β-unsaturated/α-hetero) is 1. The summed E-state index contributed by atoms with van der Waals surface area (Å²) in [5.74, 6) is 1.71. The number of hydroxylamine groups is 3. The van der Waals surface area contributed by atoms with Crippen molar-refractivity contribution in [2.24, 2.45) is 0 Å². The van der Waals surface area contributed by atoms with Gasteiger partial charge in [-0.15, -0.1) is 4.65 Å². The molecular weight excluding hydrogens is 456 g/mol. The molecule has 1 aliphatic carbocycles. The third-order valence-electron chi connectivity index (χ3n) is 7.82.